The van der Waals surface area contributed by atoms with Crippen LogP contribution < -0.4 is 10.2 Å². The van der Waals surface area contributed by atoms with Crippen LogP contribution in [-0.4, -0.2) is 55.1 Å². The maximum atomic E-state index is 13.4. The molecule has 27 heavy (non-hydrogen) atoms. The van der Waals surface area contributed by atoms with Gasteiger partial charge in [-0.05, 0) is 38.0 Å². The van der Waals surface area contributed by atoms with E-state index in [2.05, 4.69) is 5.32 Å². The maximum Gasteiger partial charge on any atom is 0.317 e. The standard InChI is InChI=1S/C19H24FN3O4/c1-2-27-18(25)13-6-8-22(9-7-13)19(26)21-15-11-17(24)23(12-15)16-5-3-4-14(20)10-16/h3-5,10,13,15H,2,6-9,11-12H2,1H3,(H,21,26). The Balaban J connectivity index is 1.51. The molecular weight excluding hydrogens is 353 g/mol. The Labute approximate surface area is 157 Å². The molecule has 1 aromatic carbocycles. The molecule has 2 aliphatic rings. The van der Waals surface area contributed by atoms with E-state index in [4.69, 9.17) is 4.74 Å². The number of rotatable bonds is 4. The summed E-state index contributed by atoms with van der Waals surface area (Å²) in [7, 11) is 0. The summed E-state index contributed by atoms with van der Waals surface area (Å²) in [4.78, 5) is 39.6. The molecule has 0 radical (unpaired) electrons. The van der Waals surface area contributed by atoms with E-state index < -0.39 is 5.82 Å². The van der Waals surface area contributed by atoms with Crippen LogP contribution in [-0.2, 0) is 14.3 Å². The third-order valence-electron chi connectivity index (χ3n) is 4.97. The average Bonchev–Trinajstić information content (AvgIpc) is 3.02. The largest absolute Gasteiger partial charge is 0.466 e. The van der Waals surface area contributed by atoms with Crippen molar-refractivity contribution in [3.05, 3.63) is 30.1 Å². The summed E-state index contributed by atoms with van der Waals surface area (Å²) in [5, 5.41) is 2.88. The number of urea groups is 1. The van der Waals surface area contributed by atoms with Crippen molar-refractivity contribution in [2.24, 2.45) is 5.92 Å². The summed E-state index contributed by atoms with van der Waals surface area (Å²) in [6.45, 7) is 3.40. The van der Waals surface area contributed by atoms with E-state index in [1.165, 1.54) is 17.0 Å². The fourth-order valence-electron chi connectivity index (χ4n) is 3.54. The summed E-state index contributed by atoms with van der Waals surface area (Å²) >= 11 is 0. The fraction of sp³-hybridized carbons (Fsp3) is 0.526. The predicted octanol–water partition coefficient (Wildman–Crippen LogP) is 1.92. The first-order valence-electron chi connectivity index (χ1n) is 9.26. The molecule has 7 nitrogen and oxygen atoms in total. The van der Waals surface area contributed by atoms with Gasteiger partial charge in [0.15, 0.2) is 0 Å². The van der Waals surface area contributed by atoms with Crippen molar-refractivity contribution in [1.29, 1.82) is 0 Å². The van der Waals surface area contributed by atoms with Gasteiger partial charge in [-0.1, -0.05) is 6.07 Å². The van der Waals surface area contributed by atoms with E-state index in [-0.39, 0.29) is 36.3 Å². The lowest BCUT2D eigenvalue weighted by Gasteiger charge is -2.31. The molecule has 2 fully saturated rings. The van der Waals surface area contributed by atoms with Crippen LogP contribution in [0.15, 0.2) is 24.3 Å². The molecule has 0 spiro atoms. The monoisotopic (exact) mass is 377 g/mol. The highest BCUT2D eigenvalue weighted by molar-refractivity contribution is 5.96. The summed E-state index contributed by atoms with van der Waals surface area (Å²) in [5.41, 5.74) is 0.493. The minimum atomic E-state index is -0.405. The Hall–Kier alpha value is -2.64. The number of amides is 3. The van der Waals surface area contributed by atoms with Gasteiger partial charge in [0.2, 0.25) is 5.91 Å². The molecule has 0 bridgehead atoms. The Bertz CT molecular complexity index is 719. The molecule has 1 aromatic rings. The second kappa shape index (κ2) is 8.37. The minimum absolute atomic E-state index is 0.146. The highest BCUT2D eigenvalue weighted by atomic mass is 19.1. The number of likely N-dealkylation sites (tertiary alicyclic amines) is 1. The van der Waals surface area contributed by atoms with Gasteiger partial charge in [0, 0.05) is 31.7 Å². The van der Waals surface area contributed by atoms with Gasteiger partial charge in [-0.3, -0.25) is 9.59 Å². The van der Waals surface area contributed by atoms with Crippen LogP contribution in [0.1, 0.15) is 26.2 Å². The van der Waals surface area contributed by atoms with Crippen LogP contribution in [0, 0.1) is 11.7 Å². The van der Waals surface area contributed by atoms with E-state index in [0.29, 0.717) is 44.8 Å². The van der Waals surface area contributed by atoms with Gasteiger partial charge in [0.05, 0.1) is 18.6 Å². The number of hydrogen-bond donors (Lipinski definition) is 1. The van der Waals surface area contributed by atoms with E-state index in [9.17, 15) is 18.8 Å². The third-order valence-corrected chi connectivity index (χ3v) is 4.97. The zero-order valence-electron chi connectivity index (χ0n) is 15.3. The second-order valence-corrected chi connectivity index (χ2v) is 6.85. The molecule has 8 heteroatoms. The van der Waals surface area contributed by atoms with Crippen molar-refractivity contribution < 1.29 is 23.5 Å². The molecule has 1 unspecified atom stereocenters. The number of nitrogens with zero attached hydrogens (tertiary/aromatic N) is 2. The van der Waals surface area contributed by atoms with E-state index in [1.807, 2.05) is 0 Å². The highest BCUT2D eigenvalue weighted by Gasteiger charge is 2.34. The van der Waals surface area contributed by atoms with Crippen LogP contribution >= 0.6 is 0 Å². The lowest BCUT2D eigenvalue weighted by atomic mass is 9.97. The van der Waals surface area contributed by atoms with Crippen molar-refractivity contribution in [3.63, 3.8) is 0 Å². The molecule has 0 aromatic heterocycles. The first-order valence-corrected chi connectivity index (χ1v) is 9.26. The molecule has 2 heterocycles. The summed E-state index contributed by atoms with van der Waals surface area (Å²) < 4.78 is 18.4. The zero-order chi connectivity index (χ0) is 19.4. The number of benzene rings is 1. The highest BCUT2D eigenvalue weighted by Crippen LogP contribution is 2.23. The number of piperidine rings is 1. The van der Waals surface area contributed by atoms with Crippen molar-refractivity contribution in [2.75, 3.05) is 31.1 Å². The zero-order valence-corrected chi connectivity index (χ0v) is 15.3. The fourth-order valence-corrected chi connectivity index (χ4v) is 3.54. The number of nitrogens with one attached hydrogen (secondary N) is 1. The molecule has 0 saturated carbocycles. The minimum Gasteiger partial charge on any atom is -0.466 e. The van der Waals surface area contributed by atoms with E-state index >= 15 is 0 Å². The third kappa shape index (κ3) is 4.56. The molecule has 2 aliphatic heterocycles. The first kappa shape index (κ1) is 19.1. The van der Waals surface area contributed by atoms with Crippen LogP contribution in [0.4, 0.5) is 14.9 Å². The maximum absolute atomic E-state index is 13.4. The Kier molecular flexibility index (Phi) is 5.93. The lowest BCUT2D eigenvalue weighted by molar-refractivity contribution is -0.149. The van der Waals surface area contributed by atoms with Gasteiger partial charge in [-0.15, -0.1) is 0 Å². The van der Waals surface area contributed by atoms with Crippen molar-refractivity contribution in [1.82, 2.24) is 10.2 Å². The van der Waals surface area contributed by atoms with Crippen molar-refractivity contribution in [3.8, 4) is 0 Å². The van der Waals surface area contributed by atoms with Gasteiger partial charge in [0.1, 0.15) is 5.82 Å². The number of halogens is 1. The van der Waals surface area contributed by atoms with Crippen molar-refractivity contribution >= 4 is 23.6 Å². The number of carbonyl (C=O) groups excluding carboxylic acids is 3. The molecule has 146 valence electrons. The molecule has 0 aliphatic carbocycles. The van der Waals surface area contributed by atoms with Crippen LogP contribution in [0.3, 0.4) is 0 Å². The summed E-state index contributed by atoms with van der Waals surface area (Å²) in [6.07, 6.45) is 1.33. The summed E-state index contributed by atoms with van der Waals surface area (Å²) in [6, 6.07) is 5.29. The second-order valence-electron chi connectivity index (χ2n) is 6.85. The van der Waals surface area contributed by atoms with Crippen LogP contribution in [0.2, 0.25) is 0 Å². The van der Waals surface area contributed by atoms with Gasteiger partial charge in [-0.25, -0.2) is 9.18 Å². The lowest BCUT2D eigenvalue weighted by Crippen LogP contribution is -2.49. The molecule has 3 rings (SSSR count). The molecule has 2 saturated heterocycles. The Morgan fingerprint density at radius 1 is 1.30 bits per heavy atom. The number of anilines is 1. The first-order chi connectivity index (χ1) is 13.0. The number of ether oxygens (including phenoxy) is 1. The van der Waals surface area contributed by atoms with Gasteiger partial charge in [-0.2, -0.15) is 0 Å². The Morgan fingerprint density at radius 2 is 2.04 bits per heavy atom. The van der Waals surface area contributed by atoms with E-state index in [1.54, 1.807) is 24.0 Å². The van der Waals surface area contributed by atoms with E-state index in [0.717, 1.165) is 0 Å². The molecule has 1 N–H and O–H groups in total. The van der Waals surface area contributed by atoms with Crippen LogP contribution in [0.25, 0.3) is 0 Å². The predicted molar refractivity (Wildman–Crippen MR) is 96.6 cm³/mol. The normalized spacial score (nSPS) is 20.7. The molecular formula is C19H24FN3O4. The number of hydrogen-bond acceptors (Lipinski definition) is 4. The summed E-state index contributed by atoms with van der Waals surface area (Å²) in [5.74, 6) is -0.917. The van der Waals surface area contributed by atoms with Crippen LogP contribution in [0.5, 0.6) is 0 Å². The van der Waals surface area contributed by atoms with Crippen molar-refractivity contribution in [2.45, 2.75) is 32.2 Å². The average molecular weight is 377 g/mol. The molecule has 1 atom stereocenters. The topological polar surface area (TPSA) is 79.0 Å². The smallest absolute Gasteiger partial charge is 0.317 e. The van der Waals surface area contributed by atoms with Gasteiger partial charge >= 0.3 is 12.0 Å². The van der Waals surface area contributed by atoms with Gasteiger partial charge < -0.3 is 19.9 Å². The Morgan fingerprint density at radius 3 is 2.70 bits per heavy atom. The van der Waals surface area contributed by atoms with Gasteiger partial charge in [0.25, 0.3) is 0 Å². The SMILES string of the molecule is CCOC(=O)C1CCN(C(=O)NC2CC(=O)N(c3cccc(F)c3)C2)CC1. The molecule has 3 amide bonds. The number of esters is 1. The number of carbonyl (C=O) groups is 3. The quantitative estimate of drug-likeness (QED) is 0.813.